The third kappa shape index (κ3) is 7.97. The summed E-state index contributed by atoms with van der Waals surface area (Å²) in [6.45, 7) is 10.1. The summed E-state index contributed by atoms with van der Waals surface area (Å²) >= 11 is 6.49. The molecule has 0 aromatic heterocycles. The Bertz CT molecular complexity index is 1150. The van der Waals surface area contributed by atoms with E-state index in [-0.39, 0.29) is 24.8 Å². The summed E-state index contributed by atoms with van der Waals surface area (Å²) in [6.07, 6.45) is 0.618. The minimum absolute atomic E-state index is 0.111. The molecule has 2 amide bonds. The molecule has 0 aliphatic rings. The summed E-state index contributed by atoms with van der Waals surface area (Å²) in [4.78, 5) is 29.1. The van der Waals surface area contributed by atoms with E-state index < -0.39 is 11.6 Å². The fourth-order valence-corrected chi connectivity index (χ4v) is 4.46. The van der Waals surface area contributed by atoms with Gasteiger partial charge in [-0.1, -0.05) is 89.5 Å². The molecule has 4 nitrogen and oxygen atoms in total. The molecule has 184 valence electrons. The van der Waals surface area contributed by atoms with Crippen molar-refractivity contribution in [2.75, 3.05) is 0 Å². The summed E-state index contributed by atoms with van der Waals surface area (Å²) in [7, 11) is 0. The maximum atomic E-state index is 13.9. The predicted octanol–water partition coefficient (Wildman–Crippen LogP) is 6.05. The van der Waals surface area contributed by atoms with Gasteiger partial charge in [-0.3, -0.25) is 9.59 Å². The molecular formula is C30H35ClN2O2. The number of halogens is 1. The van der Waals surface area contributed by atoms with Crippen molar-refractivity contribution in [1.29, 1.82) is 0 Å². The lowest BCUT2D eigenvalue weighted by atomic mass is 9.99. The first-order valence-corrected chi connectivity index (χ1v) is 12.4. The summed E-state index contributed by atoms with van der Waals surface area (Å²) in [5.41, 5.74) is 4.52. The monoisotopic (exact) mass is 490 g/mol. The number of hydrogen-bond acceptors (Lipinski definition) is 2. The zero-order valence-electron chi connectivity index (χ0n) is 21.3. The molecule has 0 saturated heterocycles. The van der Waals surface area contributed by atoms with Crippen LogP contribution in [0.4, 0.5) is 0 Å². The molecule has 0 bridgehead atoms. The number of rotatable bonds is 8. The number of hydrogen-bond donors (Lipinski definition) is 1. The summed E-state index contributed by atoms with van der Waals surface area (Å²) in [6, 6.07) is 22.7. The molecule has 3 aromatic carbocycles. The van der Waals surface area contributed by atoms with Crippen LogP contribution in [0.2, 0.25) is 5.02 Å². The van der Waals surface area contributed by atoms with E-state index in [0.717, 1.165) is 27.8 Å². The van der Waals surface area contributed by atoms with Crippen molar-refractivity contribution in [1.82, 2.24) is 10.2 Å². The number of carbonyl (C=O) groups excluding carboxylic acids is 2. The molecule has 0 unspecified atom stereocenters. The molecule has 0 spiro atoms. The van der Waals surface area contributed by atoms with Crippen molar-refractivity contribution < 1.29 is 9.59 Å². The quantitative estimate of drug-likeness (QED) is 0.417. The second-order valence-electron chi connectivity index (χ2n) is 10.2. The van der Waals surface area contributed by atoms with Crippen LogP contribution in [0.5, 0.6) is 0 Å². The molecule has 1 N–H and O–H groups in total. The first-order chi connectivity index (χ1) is 16.5. The molecule has 0 fully saturated rings. The average molecular weight is 491 g/mol. The second-order valence-corrected chi connectivity index (χ2v) is 10.6. The zero-order chi connectivity index (χ0) is 25.6. The van der Waals surface area contributed by atoms with Gasteiger partial charge in [-0.2, -0.15) is 0 Å². The maximum Gasteiger partial charge on any atom is 0.243 e. The van der Waals surface area contributed by atoms with E-state index in [1.165, 1.54) is 0 Å². The molecular weight excluding hydrogens is 456 g/mol. The standard InChI is InChI=1S/C30H35ClN2O2/c1-21-15-22(2)17-24(16-21)19-28(34)33(20-25-13-9-10-14-26(25)31)27(29(35)32-30(3,4)5)18-23-11-7-6-8-12-23/h6-17,27H,18-20H2,1-5H3,(H,32,35)/t27-/m1/s1. The smallest absolute Gasteiger partial charge is 0.243 e. The Morgan fingerprint density at radius 2 is 1.49 bits per heavy atom. The van der Waals surface area contributed by atoms with E-state index in [2.05, 4.69) is 11.4 Å². The van der Waals surface area contributed by atoms with Crippen LogP contribution < -0.4 is 5.32 Å². The highest BCUT2D eigenvalue weighted by atomic mass is 35.5. The first-order valence-electron chi connectivity index (χ1n) is 12.0. The van der Waals surface area contributed by atoms with Gasteiger partial charge in [0.25, 0.3) is 0 Å². The third-order valence-corrected chi connectivity index (χ3v) is 6.07. The minimum Gasteiger partial charge on any atom is -0.350 e. The Morgan fingerprint density at radius 1 is 0.886 bits per heavy atom. The van der Waals surface area contributed by atoms with Gasteiger partial charge in [0, 0.05) is 23.5 Å². The van der Waals surface area contributed by atoms with Gasteiger partial charge in [-0.25, -0.2) is 0 Å². The Kier molecular flexibility index (Phi) is 8.74. The lowest BCUT2D eigenvalue weighted by molar-refractivity contribution is -0.141. The largest absolute Gasteiger partial charge is 0.350 e. The molecule has 0 radical (unpaired) electrons. The van der Waals surface area contributed by atoms with Gasteiger partial charge in [-0.05, 0) is 57.4 Å². The molecule has 3 aromatic rings. The third-order valence-electron chi connectivity index (χ3n) is 5.70. The van der Waals surface area contributed by atoms with Crippen molar-refractivity contribution in [2.45, 2.75) is 65.6 Å². The number of carbonyl (C=O) groups is 2. The fraction of sp³-hybridized carbons (Fsp3) is 0.333. The lowest BCUT2D eigenvalue weighted by Crippen LogP contribution is -2.54. The van der Waals surface area contributed by atoms with Crippen LogP contribution in [0.1, 0.15) is 48.6 Å². The van der Waals surface area contributed by atoms with Crippen molar-refractivity contribution in [3.05, 3.63) is 106 Å². The normalized spacial score (nSPS) is 12.2. The molecule has 35 heavy (non-hydrogen) atoms. The Labute approximate surface area is 214 Å². The Balaban J connectivity index is 2.02. The number of aryl methyl sites for hydroxylation is 2. The van der Waals surface area contributed by atoms with Crippen LogP contribution in [0.3, 0.4) is 0 Å². The van der Waals surface area contributed by atoms with Gasteiger partial charge >= 0.3 is 0 Å². The van der Waals surface area contributed by atoms with Gasteiger partial charge in [0.05, 0.1) is 6.42 Å². The van der Waals surface area contributed by atoms with E-state index in [1.54, 1.807) is 4.90 Å². The van der Waals surface area contributed by atoms with Gasteiger partial charge < -0.3 is 10.2 Å². The predicted molar refractivity (Wildman–Crippen MR) is 143 cm³/mol. The van der Waals surface area contributed by atoms with Gasteiger partial charge in [0.1, 0.15) is 6.04 Å². The summed E-state index contributed by atoms with van der Waals surface area (Å²) in [5, 5.41) is 3.67. The van der Waals surface area contributed by atoms with E-state index in [0.29, 0.717) is 11.4 Å². The number of nitrogens with zero attached hydrogens (tertiary/aromatic N) is 1. The van der Waals surface area contributed by atoms with Crippen LogP contribution in [0, 0.1) is 13.8 Å². The number of amides is 2. The summed E-state index contributed by atoms with van der Waals surface area (Å²) in [5.74, 6) is -0.290. The minimum atomic E-state index is -0.689. The average Bonchev–Trinajstić information content (AvgIpc) is 2.76. The van der Waals surface area contributed by atoms with Crippen molar-refractivity contribution >= 4 is 23.4 Å². The van der Waals surface area contributed by atoms with E-state index in [4.69, 9.17) is 11.6 Å². The van der Waals surface area contributed by atoms with Crippen molar-refractivity contribution in [3.8, 4) is 0 Å². The van der Waals surface area contributed by atoms with E-state index in [9.17, 15) is 9.59 Å². The Morgan fingerprint density at radius 3 is 2.09 bits per heavy atom. The van der Waals surface area contributed by atoms with Crippen molar-refractivity contribution in [3.63, 3.8) is 0 Å². The fourth-order valence-electron chi connectivity index (χ4n) is 4.26. The molecule has 0 aliphatic carbocycles. The summed E-state index contributed by atoms with van der Waals surface area (Å²) < 4.78 is 0. The van der Waals surface area contributed by atoms with Gasteiger partial charge in [0.15, 0.2) is 0 Å². The molecule has 0 heterocycles. The van der Waals surface area contributed by atoms with Crippen LogP contribution in [0.25, 0.3) is 0 Å². The lowest BCUT2D eigenvalue weighted by Gasteiger charge is -2.34. The van der Waals surface area contributed by atoms with Crippen LogP contribution in [-0.2, 0) is 29.0 Å². The highest BCUT2D eigenvalue weighted by Crippen LogP contribution is 2.22. The van der Waals surface area contributed by atoms with E-state index >= 15 is 0 Å². The number of benzene rings is 3. The maximum absolute atomic E-state index is 13.9. The molecule has 1 atom stereocenters. The molecule has 0 saturated carbocycles. The van der Waals surface area contributed by atoms with Crippen LogP contribution in [0.15, 0.2) is 72.8 Å². The zero-order valence-corrected chi connectivity index (χ0v) is 22.0. The van der Waals surface area contributed by atoms with E-state index in [1.807, 2.05) is 101 Å². The molecule has 0 aliphatic heterocycles. The second kappa shape index (κ2) is 11.5. The SMILES string of the molecule is Cc1cc(C)cc(CC(=O)N(Cc2ccccc2Cl)[C@H](Cc2ccccc2)C(=O)NC(C)(C)C)c1. The Hall–Kier alpha value is -3.11. The van der Waals surface area contributed by atoms with Crippen LogP contribution in [-0.4, -0.2) is 28.3 Å². The highest BCUT2D eigenvalue weighted by Gasteiger charge is 2.32. The molecule has 5 heteroatoms. The highest BCUT2D eigenvalue weighted by molar-refractivity contribution is 6.31. The first kappa shape index (κ1) is 26.5. The van der Waals surface area contributed by atoms with Crippen LogP contribution >= 0.6 is 11.6 Å². The number of nitrogens with one attached hydrogen (secondary N) is 1. The van der Waals surface area contributed by atoms with Gasteiger partial charge in [0.2, 0.25) is 11.8 Å². The molecule has 3 rings (SSSR count). The van der Waals surface area contributed by atoms with Crippen molar-refractivity contribution in [2.24, 2.45) is 0 Å². The topological polar surface area (TPSA) is 49.4 Å². The van der Waals surface area contributed by atoms with Gasteiger partial charge in [-0.15, -0.1) is 0 Å².